The maximum Gasteiger partial charge on any atom is 0.235 e. The van der Waals surface area contributed by atoms with E-state index in [1.807, 2.05) is 0 Å². The van der Waals surface area contributed by atoms with Crippen LogP contribution < -0.4 is 0 Å². The summed E-state index contributed by atoms with van der Waals surface area (Å²) >= 11 is 0. The van der Waals surface area contributed by atoms with Crippen LogP contribution in [-0.2, 0) is 0 Å². The summed E-state index contributed by atoms with van der Waals surface area (Å²) in [6, 6.07) is 56.6. The van der Waals surface area contributed by atoms with Crippen molar-refractivity contribution in [2.75, 3.05) is 0 Å². The molecule has 0 aliphatic heterocycles. The lowest BCUT2D eigenvalue weighted by molar-refractivity contribution is 0.996. The molecule has 3 nitrogen and oxygen atoms in total. The maximum absolute atomic E-state index is 5.42. The highest BCUT2D eigenvalue weighted by molar-refractivity contribution is 6.31. The average Bonchev–Trinajstić information content (AvgIpc) is 3.33. The molecule has 0 fully saturated rings. The van der Waals surface area contributed by atoms with Crippen LogP contribution in [0, 0.1) is 0 Å². The fraction of sp³-hybridized carbons (Fsp3) is 0.0196. The number of hydrogen-bond acceptors (Lipinski definition) is 2. The van der Waals surface area contributed by atoms with Gasteiger partial charge < -0.3 is 0 Å². The van der Waals surface area contributed by atoms with Crippen molar-refractivity contribution in [3.63, 3.8) is 0 Å². The molecule has 0 unspecified atom stereocenters. The minimum absolute atomic E-state index is 0.653. The van der Waals surface area contributed by atoms with Crippen molar-refractivity contribution in [1.29, 1.82) is 0 Å². The van der Waals surface area contributed by atoms with E-state index < -0.39 is 0 Å². The molecule has 7 aromatic carbocycles. The second kappa shape index (κ2) is 12.3. The smallest absolute Gasteiger partial charge is 0.235 e. The maximum atomic E-state index is 5.42. The first kappa shape index (κ1) is 30.5. The lowest BCUT2D eigenvalue weighted by Crippen LogP contribution is -2.04. The van der Waals surface area contributed by atoms with Gasteiger partial charge in [-0.25, -0.2) is 9.97 Å². The molecule has 3 heteroatoms. The third-order valence-corrected chi connectivity index (χ3v) is 11.0. The van der Waals surface area contributed by atoms with Crippen molar-refractivity contribution in [2.45, 2.75) is 6.42 Å². The fourth-order valence-electron chi connectivity index (χ4n) is 8.59. The van der Waals surface area contributed by atoms with E-state index in [1.165, 1.54) is 65.7 Å². The summed E-state index contributed by atoms with van der Waals surface area (Å²) in [5, 5.41) is 7.31. The van der Waals surface area contributed by atoms with Gasteiger partial charge in [0.05, 0.1) is 22.4 Å². The van der Waals surface area contributed by atoms with Crippen molar-refractivity contribution in [2.24, 2.45) is 0 Å². The molecule has 0 N–H and O–H groups in total. The Hall–Kier alpha value is -7.10. The number of hydrogen-bond donors (Lipinski definition) is 0. The van der Waals surface area contributed by atoms with E-state index in [9.17, 15) is 0 Å². The standard InChI is InChI=1S/C51H33N3/c1-2-6-19-36(18-5-1)47-41-25-14-26-44-49(41)50-45(30-29-37-23-13-24-40(48(37)50)46(47)35-20-9-4-10-21-35)54(44)51-52-42(34-16-7-3-8-17-34)32-43(53-51)39-28-27-33-15-11-12-22-38(33)31-39/h1-5,7-32H,6H2. The van der Waals surface area contributed by atoms with Crippen LogP contribution in [0.3, 0.4) is 0 Å². The van der Waals surface area contributed by atoms with E-state index in [2.05, 4.69) is 193 Å². The van der Waals surface area contributed by atoms with Gasteiger partial charge in [0.1, 0.15) is 0 Å². The molecule has 2 aromatic heterocycles. The number of rotatable bonds is 5. The van der Waals surface area contributed by atoms with Crippen LogP contribution in [0.1, 0.15) is 23.1 Å². The molecule has 2 aliphatic rings. The number of aromatic nitrogens is 3. The zero-order valence-electron chi connectivity index (χ0n) is 29.4. The molecule has 54 heavy (non-hydrogen) atoms. The van der Waals surface area contributed by atoms with Crippen molar-refractivity contribution >= 4 is 54.5 Å². The van der Waals surface area contributed by atoms with Crippen LogP contribution in [0.5, 0.6) is 0 Å². The highest BCUT2D eigenvalue weighted by Crippen LogP contribution is 2.50. The Bertz CT molecular complexity index is 3100. The minimum atomic E-state index is 0.653. The number of allylic oxidation sites excluding steroid dienone is 7. The van der Waals surface area contributed by atoms with Gasteiger partial charge in [-0.1, -0.05) is 164 Å². The first-order chi connectivity index (χ1) is 26.8. The summed E-state index contributed by atoms with van der Waals surface area (Å²) in [4.78, 5) is 10.8. The monoisotopic (exact) mass is 687 g/mol. The minimum Gasteiger partial charge on any atom is -0.278 e. The molecular weight excluding hydrogens is 655 g/mol. The molecule has 11 rings (SSSR count). The molecule has 0 bridgehead atoms. The summed E-state index contributed by atoms with van der Waals surface area (Å²) in [6.45, 7) is 0. The largest absolute Gasteiger partial charge is 0.278 e. The zero-order chi connectivity index (χ0) is 35.6. The highest BCUT2D eigenvalue weighted by Gasteiger charge is 2.29. The molecule has 0 spiro atoms. The molecule has 2 heterocycles. The lowest BCUT2D eigenvalue weighted by atomic mass is 9.84. The predicted molar refractivity (Wildman–Crippen MR) is 226 cm³/mol. The summed E-state index contributed by atoms with van der Waals surface area (Å²) in [6.07, 6.45) is 12.0. The molecule has 0 atom stereocenters. The second-order valence-electron chi connectivity index (χ2n) is 14.1. The van der Waals surface area contributed by atoms with Crippen molar-refractivity contribution in [3.05, 3.63) is 210 Å². The van der Waals surface area contributed by atoms with Crippen LogP contribution in [0.25, 0.3) is 83.0 Å². The summed E-state index contributed by atoms with van der Waals surface area (Å²) in [5.41, 5.74) is 13.4. The van der Waals surface area contributed by atoms with Crippen molar-refractivity contribution in [3.8, 4) is 28.5 Å². The third kappa shape index (κ3) is 4.76. The first-order valence-electron chi connectivity index (χ1n) is 18.6. The highest BCUT2D eigenvalue weighted by atomic mass is 15.2. The van der Waals surface area contributed by atoms with Crippen molar-refractivity contribution < 1.29 is 0 Å². The first-order valence-corrected chi connectivity index (χ1v) is 18.6. The predicted octanol–water partition coefficient (Wildman–Crippen LogP) is 12.9. The third-order valence-electron chi connectivity index (χ3n) is 11.0. The molecule has 252 valence electrons. The summed E-state index contributed by atoms with van der Waals surface area (Å²) < 4.78 is 2.30. The fourth-order valence-corrected chi connectivity index (χ4v) is 8.59. The van der Waals surface area contributed by atoms with E-state index in [4.69, 9.17) is 9.97 Å². The van der Waals surface area contributed by atoms with Crippen LogP contribution in [0.2, 0.25) is 0 Å². The molecule has 0 saturated heterocycles. The van der Waals surface area contributed by atoms with Gasteiger partial charge in [0, 0.05) is 21.9 Å². The zero-order valence-corrected chi connectivity index (χ0v) is 29.4. The Labute approximate surface area is 313 Å². The number of benzene rings is 7. The van der Waals surface area contributed by atoms with Crippen LogP contribution in [-0.4, -0.2) is 14.5 Å². The summed E-state index contributed by atoms with van der Waals surface area (Å²) in [5.74, 6) is 0.653. The molecule has 0 radical (unpaired) electrons. The van der Waals surface area contributed by atoms with E-state index >= 15 is 0 Å². The van der Waals surface area contributed by atoms with Gasteiger partial charge in [-0.05, 0) is 85.6 Å². The second-order valence-corrected chi connectivity index (χ2v) is 14.1. The van der Waals surface area contributed by atoms with Gasteiger partial charge in [-0.3, -0.25) is 4.57 Å². The van der Waals surface area contributed by atoms with Gasteiger partial charge in [0.15, 0.2) is 0 Å². The molecule has 0 amide bonds. The van der Waals surface area contributed by atoms with Crippen LogP contribution >= 0.6 is 0 Å². The van der Waals surface area contributed by atoms with Gasteiger partial charge in [0.2, 0.25) is 5.95 Å². The number of nitrogens with zero attached hydrogens (tertiary/aromatic N) is 3. The number of fused-ring (bicyclic) bond motifs is 1. The lowest BCUT2D eigenvalue weighted by Gasteiger charge is -2.19. The van der Waals surface area contributed by atoms with Gasteiger partial charge in [-0.15, -0.1) is 0 Å². The van der Waals surface area contributed by atoms with Gasteiger partial charge >= 0.3 is 0 Å². The SMILES string of the molecule is C1=CCC=C(C2=C(c3ccccc3)c3cccc4ccc5c(c34)c3c2cccc3n5-c2nc(-c3ccccc3)cc(-c3ccc4ccccc4c3)n2)C=C1. The molecule has 2 aliphatic carbocycles. The van der Waals surface area contributed by atoms with Gasteiger partial charge in [-0.2, -0.15) is 0 Å². The topological polar surface area (TPSA) is 30.7 Å². The molecule has 0 saturated carbocycles. The Balaban J connectivity index is 1.27. The molecular formula is C51H33N3. The Morgan fingerprint density at radius 3 is 1.94 bits per heavy atom. The average molecular weight is 688 g/mol. The quantitative estimate of drug-likeness (QED) is 0.180. The van der Waals surface area contributed by atoms with E-state index in [0.29, 0.717) is 5.95 Å². The molecule has 9 aromatic rings. The summed E-state index contributed by atoms with van der Waals surface area (Å²) in [7, 11) is 0. The van der Waals surface area contributed by atoms with Crippen LogP contribution in [0.15, 0.2) is 194 Å². The van der Waals surface area contributed by atoms with E-state index in [0.717, 1.165) is 40.0 Å². The van der Waals surface area contributed by atoms with E-state index in [1.54, 1.807) is 0 Å². The Morgan fingerprint density at radius 2 is 1.11 bits per heavy atom. The van der Waals surface area contributed by atoms with Crippen molar-refractivity contribution in [1.82, 2.24) is 14.5 Å². The van der Waals surface area contributed by atoms with E-state index in [-0.39, 0.29) is 0 Å². The van der Waals surface area contributed by atoms with Gasteiger partial charge in [0.25, 0.3) is 0 Å². The normalized spacial score (nSPS) is 13.7. The van der Waals surface area contributed by atoms with Crippen LogP contribution in [0.4, 0.5) is 0 Å². The Kier molecular flexibility index (Phi) is 6.93. The Morgan fingerprint density at radius 1 is 0.444 bits per heavy atom.